The third kappa shape index (κ3) is 2.25. The molecule has 0 bridgehead atoms. The minimum Gasteiger partial charge on any atom is -0.478 e. The molecule has 0 radical (unpaired) electrons. The SMILES string of the molecule is CCOc1[nH]c(=O)c(C#N)c(-c2ccccc2)c1C#N. The number of benzene rings is 1. The van der Waals surface area contributed by atoms with Crippen molar-refractivity contribution >= 4 is 0 Å². The van der Waals surface area contributed by atoms with E-state index in [0.29, 0.717) is 17.7 Å². The minimum absolute atomic E-state index is 0.0868. The highest BCUT2D eigenvalue weighted by atomic mass is 16.5. The van der Waals surface area contributed by atoms with Crippen LogP contribution in [0.25, 0.3) is 11.1 Å². The van der Waals surface area contributed by atoms with Crippen LogP contribution < -0.4 is 10.3 Å². The largest absolute Gasteiger partial charge is 0.478 e. The molecule has 1 aromatic carbocycles. The van der Waals surface area contributed by atoms with Crippen LogP contribution >= 0.6 is 0 Å². The number of nitrogens with one attached hydrogen (secondary N) is 1. The van der Waals surface area contributed by atoms with Crippen LogP contribution in [0.4, 0.5) is 0 Å². The molecule has 2 rings (SSSR count). The molecule has 0 unspecified atom stereocenters. The number of H-pyrrole nitrogens is 1. The van der Waals surface area contributed by atoms with Gasteiger partial charge in [-0.05, 0) is 12.5 Å². The second-order valence-corrected chi connectivity index (χ2v) is 3.93. The van der Waals surface area contributed by atoms with Gasteiger partial charge in [-0.1, -0.05) is 30.3 Å². The molecule has 1 heterocycles. The van der Waals surface area contributed by atoms with Crippen molar-refractivity contribution in [2.75, 3.05) is 6.61 Å². The third-order valence-electron chi connectivity index (χ3n) is 2.76. The maximum Gasteiger partial charge on any atom is 0.269 e. The lowest BCUT2D eigenvalue weighted by Crippen LogP contribution is -2.15. The molecule has 2 aromatic rings. The van der Waals surface area contributed by atoms with Crippen LogP contribution in [-0.2, 0) is 0 Å². The van der Waals surface area contributed by atoms with Gasteiger partial charge in [0.25, 0.3) is 5.56 Å². The summed E-state index contributed by atoms with van der Waals surface area (Å²) in [5.74, 6) is 0.0952. The summed E-state index contributed by atoms with van der Waals surface area (Å²) in [5, 5.41) is 18.5. The summed E-state index contributed by atoms with van der Waals surface area (Å²) in [6.45, 7) is 2.06. The Morgan fingerprint density at radius 3 is 2.35 bits per heavy atom. The highest BCUT2D eigenvalue weighted by Crippen LogP contribution is 2.29. The predicted molar refractivity (Wildman–Crippen MR) is 73.1 cm³/mol. The molecular formula is C15H11N3O2. The van der Waals surface area contributed by atoms with Gasteiger partial charge in [0, 0.05) is 5.56 Å². The maximum atomic E-state index is 11.9. The molecule has 0 spiro atoms. The zero-order valence-electron chi connectivity index (χ0n) is 10.8. The Kier molecular flexibility index (Phi) is 3.83. The Labute approximate surface area is 115 Å². The Balaban J connectivity index is 2.87. The van der Waals surface area contributed by atoms with Gasteiger partial charge in [0.05, 0.1) is 6.61 Å². The average Bonchev–Trinajstić information content (AvgIpc) is 2.48. The van der Waals surface area contributed by atoms with Crippen LogP contribution in [0.1, 0.15) is 18.1 Å². The van der Waals surface area contributed by atoms with Gasteiger partial charge in [-0.2, -0.15) is 10.5 Å². The van der Waals surface area contributed by atoms with Crippen LogP contribution in [0.15, 0.2) is 35.1 Å². The van der Waals surface area contributed by atoms with E-state index in [-0.39, 0.29) is 17.0 Å². The summed E-state index contributed by atoms with van der Waals surface area (Å²) in [5.41, 5.74) is 0.453. The van der Waals surface area contributed by atoms with Crippen molar-refractivity contribution in [2.45, 2.75) is 6.92 Å². The fourth-order valence-corrected chi connectivity index (χ4v) is 1.94. The van der Waals surface area contributed by atoms with E-state index in [9.17, 15) is 15.3 Å². The summed E-state index contributed by atoms with van der Waals surface area (Å²) >= 11 is 0. The molecular weight excluding hydrogens is 254 g/mol. The van der Waals surface area contributed by atoms with Crippen LogP contribution in [-0.4, -0.2) is 11.6 Å². The van der Waals surface area contributed by atoms with Gasteiger partial charge < -0.3 is 4.74 Å². The fourth-order valence-electron chi connectivity index (χ4n) is 1.94. The molecule has 0 aliphatic heterocycles. The zero-order chi connectivity index (χ0) is 14.5. The molecule has 20 heavy (non-hydrogen) atoms. The molecule has 0 amide bonds. The monoisotopic (exact) mass is 265 g/mol. The lowest BCUT2D eigenvalue weighted by molar-refractivity contribution is 0.325. The molecule has 5 heteroatoms. The van der Waals surface area contributed by atoms with Gasteiger partial charge in [0.15, 0.2) is 0 Å². The topological polar surface area (TPSA) is 89.7 Å². The zero-order valence-corrected chi connectivity index (χ0v) is 10.8. The highest BCUT2D eigenvalue weighted by Gasteiger charge is 2.19. The van der Waals surface area contributed by atoms with E-state index in [0.717, 1.165) is 0 Å². The first-order valence-corrected chi connectivity index (χ1v) is 6.01. The standard InChI is InChI=1S/C15H11N3O2/c1-2-20-15-12(9-17)13(10-6-4-3-5-7-10)11(8-16)14(19)18-15/h3-7H,2H2,1H3,(H,18,19). The number of rotatable bonds is 3. The van der Waals surface area contributed by atoms with E-state index >= 15 is 0 Å². The number of nitrogens with zero attached hydrogens (tertiary/aromatic N) is 2. The average molecular weight is 265 g/mol. The molecule has 0 saturated heterocycles. The lowest BCUT2D eigenvalue weighted by atomic mass is 9.97. The van der Waals surface area contributed by atoms with Crippen molar-refractivity contribution in [3.8, 4) is 29.1 Å². The molecule has 0 fully saturated rings. The number of hydrogen-bond donors (Lipinski definition) is 1. The molecule has 0 aliphatic rings. The van der Waals surface area contributed by atoms with Gasteiger partial charge in [-0.15, -0.1) is 0 Å². The van der Waals surface area contributed by atoms with Crippen molar-refractivity contribution in [1.82, 2.24) is 4.98 Å². The number of aromatic nitrogens is 1. The minimum atomic E-state index is -0.561. The molecule has 0 atom stereocenters. The van der Waals surface area contributed by atoms with Gasteiger partial charge >= 0.3 is 0 Å². The Bertz CT molecular complexity index is 765. The molecule has 98 valence electrons. The number of pyridine rings is 1. The summed E-state index contributed by atoms with van der Waals surface area (Å²) in [4.78, 5) is 14.4. The van der Waals surface area contributed by atoms with E-state index in [1.54, 1.807) is 31.2 Å². The summed E-state index contributed by atoms with van der Waals surface area (Å²) in [7, 11) is 0. The van der Waals surface area contributed by atoms with E-state index < -0.39 is 5.56 Å². The summed E-state index contributed by atoms with van der Waals surface area (Å²) in [6, 6.07) is 12.7. The van der Waals surface area contributed by atoms with Crippen molar-refractivity contribution in [3.63, 3.8) is 0 Å². The number of aromatic amines is 1. The molecule has 1 aromatic heterocycles. The second-order valence-electron chi connectivity index (χ2n) is 3.93. The predicted octanol–water partition coefficient (Wildman–Crippen LogP) is 2.18. The van der Waals surface area contributed by atoms with Crippen molar-refractivity contribution < 1.29 is 4.74 Å². The normalized spacial score (nSPS) is 9.55. The van der Waals surface area contributed by atoms with Gasteiger partial charge in [0.1, 0.15) is 23.3 Å². The third-order valence-corrected chi connectivity index (χ3v) is 2.76. The van der Waals surface area contributed by atoms with Gasteiger partial charge in [0.2, 0.25) is 5.88 Å². The molecule has 0 saturated carbocycles. The highest BCUT2D eigenvalue weighted by molar-refractivity contribution is 5.77. The smallest absolute Gasteiger partial charge is 0.269 e. The fraction of sp³-hybridized carbons (Fsp3) is 0.133. The number of ether oxygens (including phenoxy) is 1. The van der Waals surface area contributed by atoms with Gasteiger partial charge in [-0.3, -0.25) is 9.78 Å². The Morgan fingerprint density at radius 1 is 1.15 bits per heavy atom. The quantitative estimate of drug-likeness (QED) is 0.921. The van der Waals surface area contributed by atoms with Crippen molar-refractivity contribution in [3.05, 3.63) is 51.8 Å². The first-order chi connectivity index (χ1) is 9.72. The summed E-state index contributed by atoms with van der Waals surface area (Å²) in [6.07, 6.45) is 0. The Hall–Kier alpha value is -3.05. The van der Waals surface area contributed by atoms with E-state index in [2.05, 4.69) is 4.98 Å². The molecule has 1 N–H and O–H groups in total. The van der Waals surface area contributed by atoms with Crippen molar-refractivity contribution in [1.29, 1.82) is 10.5 Å². The summed E-state index contributed by atoms with van der Waals surface area (Å²) < 4.78 is 5.28. The van der Waals surface area contributed by atoms with E-state index in [1.165, 1.54) is 0 Å². The van der Waals surface area contributed by atoms with Crippen LogP contribution in [0.5, 0.6) is 5.88 Å². The second kappa shape index (κ2) is 5.73. The van der Waals surface area contributed by atoms with Crippen molar-refractivity contribution in [2.24, 2.45) is 0 Å². The van der Waals surface area contributed by atoms with E-state index in [4.69, 9.17) is 4.74 Å². The Morgan fingerprint density at radius 2 is 1.80 bits per heavy atom. The van der Waals surface area contributed by atoms with Crippen LogP contribution in [0.2, 0.25) is 0 Å². The maximum absolute atomic E-state index is 11.9. The van der Waals surface area contributed by atoms with Crippen LogP contribution in [0, 0.1) is 22.7 Å². The number of nitriles is 2. The van der Waals surface area contributed by atoms with Crippen LogP contribution in [0.3, 0.4) is 0 Å². The number of hydrogen-bond acceptors (Lipinski definition) is 4. The lowest BCUT2D eigenvalue weighted by Gasteiger charge is -2.11. The first-order valence-electron chi connectivity index (χ1n) is 6.01. The van der Waals surface area contributed by atoms with E-state index in [1.807, 2.05) is 18.2 Å². The van der Waals surface area contributed by atoms with Gasteiger partial charge in [-0.25, -0.2) is 0 Å². The first kappa shape index (κ1) is 13.4. The molecule has 5 nitrogen and oxygen atoms in total. The molecule has 0 aliphatic carbocycles.